The lowest BCUT2D eigenvalue weighted by Crippen LogP contribution is -2.67. The maximum Gasteiger partial charge on any atom is 0.335 e. The molecule has 0 aromatic rings. The van der Waals surface area contributed by atoms with Crippen LogP contribution in [-0.2, 0) is 38.1 Å². The first-order chi connectivity index (χ1) is 28.0. The van der Waals surface area contributed by atoms with Gasteiger partial charge >= 0.3 is 17.9 Å². The van der Waals surface area contributed by atoms with Crippen molar-refractivity contribution in [3.8, 4) is 0 Å². The Morgan fingerprint density at radius 3 is 2.03 bits per heavy atom. The van der Waals surface area contributed by atoms with E-state index in [2.05, 4.69) is 26.8 Å². The predicted molar refractivity (Wildman–Crippen MR) is 206 cm³/mol. The number of aliphatic hydroxyl groups is 8. The highest BCUT2D eigenvalue weighted by Gasteiger charge is 2.71. The number of hydrogen-bond donors (Lipinski definition) is 9. The Hall–Kier alpha value is -2.29. The minimum absolute atomic E-state index is 0.0922. The summed E-state index contributed by atoms with van der Waals surface area (Å²) in [6.45, 7) is 9.68. The monoisotopic (exact) mass is 854 g/mol. The SMILES string of the molecule is COC(=O)[C@@]1(C)CC[C@]2(C(=O)O[C@@H]3O[C@H](CO)[C@@H](O)[C@H](O)[C@H]3O)CC[C@]3(C)C(=CCC4[C@@]5(C)CC[C@H](O[C@@H]6O[C@H](C(=O)O)[C@@H](O)[C@H](O)[C@H]6O)[C@@](C)(CO)C5CC[C@]43C)[C@@H]2C1. The molecule has 0 aromatic heterocycles. The van der Waals surface area contributed by atoms with Gasteiger partial charge in [-0.15, -0.1) is 0 Å². The molecule has 7 rings (SSSR count). The van der Waals surface area contributed by atoms with Gasteiger partial charge in [0.2, 0.25) is 6.29 Å². The van der Waals surface area contributed by atoms with E-state index >= 15 is 0 Å². The zero-order valence-electron chi connectivity index (χ0n) is 35.4. The summed E-state index contributed by atoms with van der Waals surface area (Å²) in [5, 5.41) is 93.9. The zero-order valence-corrected chi connectivity index (χ0v) is 35.4. The summed E-state index contributed by atoms with van der Waals surface area (Å²) in [6.07, 6.45) is -10.2. The van der Waals surface area contributed by atoms with Crippen LogP contribution in [0.1, 0.15) is 98.8 Å². The van der Waals surface area contributed by atoms with Crippen LogP contribution in [0.15, 0.2) is 11.6 Å². The minimum atomic E-state index is -1.86. The van der Waals surface area contributed by atoms with Crippen LogP contribution in [0.5, 0.6) is 0 Å². The number of rotatable bonds is 8. The topological polar surface area (TPSA) is 279 Å². The summed E-state index contributed by atoms with van der Waals surface area (Å²) in [7, 11) is 1.35. The van der Waals surface area contributed by atoms with Crippen LogP contribution >= 0.6 is 0 Å². The molecule has 2 aliphatic heterocycles. The van der Waals surface area contributed by atoms with Crippen molar-refractivity contribution in [3.63, 3.8) is 0 Å². The largest absolute Gasteiger partial charge is 0.479 e. The molecule has 5 aliphatic carbocycles. The molecule has 7 aliphatic rings. The number of aliphatic hydroxyl groups excluding tert-OH is 8. The van der Waals surface area contributed by atoms with Crippen LogP contribution in [0, 0.1) is 50.2 Å². The molecule has 0 spiro atoms. The number of ether oxygens (including phenoxy) is 5. The molecule has 9 N–H and O–H groups in total. The van der Waals surface area contributed by atoms with E-state index in [1.807, 2.05) is 13.8 Å². The fourth-order valence-corrected chi connectivity index (χ4v) is 13.8. The first kappa shape index (κ1) is 45.7. The third-order valence-electron chi connectivity index (χ3n) is 17.8. The Bertz CT molecular complexity index is 1710. The van der Waals surface area contributed by atoms with Gasteiger partial charge in [-0.3, -0.25) is 9.59 Å². The molecule has 0 bridgehead atoms. The number of carbonyl (C=O) groups is 3. The van der Waals surface area contributed by atoms with E-state index in [1.165, 1.54) is 7.11 Å². The van der Waals surface area contributed by atoms with Gasteiger partial charge in [-0.1, -0.05) is 39.3 Å². The molecule has 0 amide bonds. The summed E-state index contributed by atoms with van der Waals surface area (Å²) in [5.41, 5.74) is -2.97. The van der Waals surface area contributed by atoms with Crippen molar-refractivity contribution in [1.29, 1.82) is 0 Å². The van der Waals surface area contributed by atoms with E-state index in [-0.39, 0.29) is 41.7 Å². The number of carbonyl (C=O) groups excluding carboxylic acids is 2. The molecule has 2 heterocycles. The van der Waals surface area contributed by atoms with Gasteiger partial charge in [0.05, 0.1) is 37.3 Å². The Morgan fingerprint density at radius 2 is 1.40 bits per heavy atom. The summed E-state index contributed by atoms with van der Waals surface area (Å²) in [4.78, 5) is 39.9. The van der Waals surface area contributed by atoms with E-state index in [1.54, 1.807) is 0 Å². The highest BCUT2D eigenvalue weighted by molar-refractivity contribution is 5.81. The van der Waals surface area contributed by atoms with Crippen LogP contribution in [0.2, 0.25) is 0 Å². The Balaban J connectivity index is 1.20. The van der Waals surface area contributed by atoms with Crippen molar-refractivity contribution in [3.05, 3.63) is 11.6 Å². The van der Waals surface area contributed by atoms with Crippen molar-refractivity contribution >= 4 is 17.9 Å². The molecule has 17 heteroatoms. The third-order valence-corrected chi connectivity index (χ3v) is 17.8. The van der Waals surface area contributed by atoms with E-state index in [9.17, 15) is 60.3 Å². The van der Waals surface area contributed by atoms with E-state index in [0.29, 0.717) is 51.4 Å². The minimum Gasteiger partial charge on any atom is -0.479 e. The summed E-state index contributed by atoms with van der Waals surface area (Å²) < 4.78 is 28.7. The van der Waals surface area contributed by atoms with Crippen molar-refractivity contribution in [2.45, 2.75) is 166 Å². The zero-order chi connectivity index (χ0) is 44.1. The first-order valence-corrected chi connectivity index (χ1v) is 21.5. The van der Waals surface area contributed by atoms with E-state index in [4.69, 9.17) is 23.7 Å². The first-order valence-electron chi connectivity index (χ1n) is 21.5. The van der Waals surface area contributed by atoms with Crippen LogP contribution < -0.4 is 0 Å². The second kappa shape index (κ2) is 15.8. The summed E-state index contributed by atoms with van der Waals surface area (Å²) in [5.74, 6) is -3.00. The molecule has 60 heavy (non-hydrogen) atoms. The summed E-state index contributed by atoms with van der Waals surface area (Å²) >= 11 is 0. The van der Waals surface area contributed by atoms with Crippen LogP contribution in [-0.4, -0.2) is 152 Å². The Labute approximate surface area is 350 Å². The highest BCUT2D eigenvalue weighted by atomic mass is 16.7. The number of hydrogen-bond acceptors (Lipinski definition) is 16. The second-order valence-corrected chi connectivity index (χ2v) is 20.4. The normalized spacial score (nSPS) is 52.7. The van der Waals surface area contributed by atoms with E-state index < -0.39 is 114 Å². The third kappa shape index (κ3) is 6.54. The molecular formula is C43H66O17. The number of fused-ring (bicyclic) bond motifs is 7. The van der Waals surface area contributed by atoms with Gasteiger partial charge in [-0.2, -0.15) is 0 Å². The van der Waals surface area contributed by atoms with Crippen LogP contribution in [0.4, 0.5) is 0 Å². The average Bonchev–Trinajstić information content (AvgIpc) is 3.21. The smallest absolute Gasteiger partial charge is 0.335 e. The molecule has 20 atom stereocenters. The van der Waals surface area contributed by atoms with Gasteiger partial charge in [0, 0.05) is 5.41 Å². The van der Waals surface area contributed by atoms with Crippen LogP contribution in [0.25, 0.3) is 0 Å². The number of aliphatic carboxylic acids is 1. The molecule has 4 saturated carbocycles. The van der Waals surface area contributed by atoms with Crippen molar-refractivity contribution in [1.82, 2.24) is 0 Å². The molecule has 2 saturated heterocycles. The maximum absolute atomic E-state index is 14.7. The average molecular weight is 855 g/mol. The lowest BCUT2D eigenvalue weighted by Gasteiger charge is -2.71. The predicted octanol–water partition coefficient (Wildman–Crippen LogP) is 0.534. The van der Waals surface area contributed by atoms with Gasteiger partial charge in [0.1, 0.15) is 42.7 Å². The molecule has 0 radical (unpaired) electrons. The summed E-state index contributed by atoms with van der Waals surface area (Å²) in [6, 6.07) is 0. The fourth-order valence-electron chi connectivity index (χ4n) is 13.8. The van der Waals surface area contributed by atoms with Crippen molar-refractivity contribution in [2.24, 2.45) is 50.2 Å². The maximum atomic E-state index is 14.7. The standard InChI is InChI=1S/C43H66O17/c1-38(36(54)56-6)13-15-43(37(55)60-34-30(50)27(47)26(46)22(18-44)57-34)16-14-41(4)20(21(43)17-38)7-8-24-39(2)11-10-25(40(3,19-45)23(39)9-12-42(24,41)5)58-35-31(51)28(48)29(49)32(59-35)33(52)53/h7,21-32,34-35,44-51H,8-19H2,1-6H3,(H,52,53)/t21-,22+,23?,24?,25-,26+,27-,28-,29-,30+,31+,32-,34-,35+,38-,39-,40-,41+,42+,43-/m0/s1. The number of esters is 2. The molecule has 0 aromatic carbocycles. The molecule has 340 valence electrons. The lowest BCUT2D eigenvalue weighted by atomic mass is 9.33. The lowest BCUT2D eigenvalue weighted by molar-refractivity contribution is -0.327. The van der Waals surface area contributed by atoms with Crippen LogP contribution in [0.3, 0.4) is 0 Å². The van der Waals surface area contributed by atoms with Gasteiger partial charge in [-0.05, 0) is 105 Å². The van der Waals surface area contributed by atoms with Crippen molar-refractivity contribution in [2.75, 3.05) is 20.3 Å². The van der Waals surface area contributed by atoms with Gasteiger partial charge in [-0.25, -0.2) is 4.79 Å². The Morgan fingerprint density at radius 1 is 0.750 bits per heavy atom. The number of methoxy groups -OCH3 is 1. The molecule has 2 unspecified atom stereocenters. The molecule has 17 nitrogen and oxygen atoms in total. The fraction of sp³-hybridized carbons (Fsp3) is 0.884. The molecular weight excluding hydrogens is 788 g/mol. The van der Waals surface area contributed by atoms with Gasteiger partial charge in [0.25, 0.3) is 0 Å². The number of allylic oxidation sites excluding steroid dienone is 2. The highest BCUT2D eigenvalue weighted by Crippen LogP contribution is 2.76. The molecule has 6 fully saturated rings. The number of carboxylic acid groups (broad SMARTS) is 1. The van der Waals surface area contributed by atoms with Gasteiger partial charge in [0.15, 0.2) is 12.4 Å². The van der Waals surface area contributed by atoms with Crippen molar-refractivity contribution < 1.29 is 84.0 Å². The van der Waals surface area contributed by atoms with E-state index in [0.717, 1.165) is 12.0 Å². The second-order valence-electron chi connectivity index (χ2n) is 20.4. The number of carboxylic acids is 1. The Kier molecular flexibility index (Phi) is 12.0. The van der Waals surface area contributed by atoms with Gasteiger partial charge < -0.3 is 69.6 Å². The quantitative estimate of drug-likeness (QED) is 0.0915.